The van der Waals surface area contributed by atoms with Gasteiger partial charge in [-0.2, -0.15) is 13.2 Å². The van der Waals surface area contributed by atoms with Crippen molar-refractivity contribution in [3.63, 3.8) is 0 Å². The largest absolute Gasteiger partial charge is 0.477 e. The Morgan fingerprint density at radius 2 is 2.08 bits per heavy atom. The van der Waals surface area contributed by atoms with E-state index in [1.807, 2.05) is 0 Å². The molecule has 0 aliphatic rings. The van der Waals surface area contributed by atoms with Crippen LogP contribution in [0.3, 0.4) is 0 Å². The van der Waals surface area contributed by atoms with Gasteiger partial charge in [0.2, 0.25) is 0 Å². The molecule has 0 fully saturated rings. The summed E-state index contributed by atoms with van der Waals surface area (Å²) in [4.78, 5) is 28.0. The molecule has 2 heterocycles. The summed E-state index contributed by atoms with van der Waals surface area (Å²) in [5.41, 5.74) is -0.919. The van der Waals surface area contributed by atoms with Crippen molar-refractivity contribution < 1.29 is 23.1 Å². The smallest absolute Gasteiger partial charge is 0.416 e. The molecule has 1 aromatic carbocycles. The van der Waals surface area contributed by atoms with E-state index >= 15 is 0 Å². The van der Waals surface area contributed by atoms with Gasteiger partial charge in [-0.1, -0.05) is 18.2 Å². The molecule has 3 aromatic rings. The average molecular weight is 383 g/mol. The van der Waals surface area contributed by atoms with E-state index < -0.39 is 23.3 Å². The Labute approximate surface area is 148 Å². The van der Waals surface area contributed by atoms with Gasteiger partial charge in [0.15, 0.2) is 0 Å². The molecular formula is C16H12F3N3O3S. The number of halogens is 3. The second-order valence-corrected chi connectivity index (χ2v) is 6.62. The van der Waals surface area contributed by atoms with Crippen LogP contribution in [0.1, 0.15) is 32.2 Å². The van der Waals surface area contributed by atoms with Crippen molar-refractivity contribution in [3.8, 4) is 0 Å². The van der Waals surface area contributed by atoms with Crippen LogP contribution in [0.4, 0.5) is 13.2 Å². The van der Waals surface area contributed by atoms with Crippen molar-refractivity contribution in [1.82, 2.24) is 9.66 Å². The lowest BCUT2D eigenvalue weighted by Crippen LogP contribution is -2.31. The molecular weight excluding hydrogens is 371 g/mol. The highest BCUT2D eigenvalue weighted by atomic mass is 32.1. The van der Waals surface area contributed by atoms with E-state index in [-0.39, 0.29) is 38.5 Å². The number of fused-ring (bicyclic) bond motifs is 1. The maximum Gasteiger partial charge on any atom is 0.416 e. The van der Waals surface area contributed by atoms with Gasteiger partial charge in [0, 0.05) is 6.42 Å². The van der Waals surface area contributed by atoms with Crippen molar-refractivity contribution in [2.24, 2.45) is 0 Å². The number of thiophene rings is 1. The van der Waals surface area contributed by atoms with Gasteiger partial charge in [0.1, 0.15) is 15.5 Å². The summed E-state index contributed by atoms with van der Waals surface area (Å²) < 4.78 is 39.2. The number of nitrogens with zero attached hydrogens (tertiary/aromatic N) is 2. The first-order chi connectivity index (χ1) is 12.1. The van der Waals surface area contributed by atoms with Crippen molar-refractivity contribution in [3.05, 3.63) is 62.0 Å². The Bertz CT molecular complexity index is 1090. The van der Waals surface area contributed by atoms with Crippen LogP contribution in [0.15, 0.2) is 29.1 Å². The molecule has 0 bridgehead atoms. The third kappa shape index (κ3) is 3.03. The Hall–Kier alpha value is -2.88. The molecule has 3 N–H and O–H groups in total. The summed E-state index contributed by atoms with van der Waals surface area (Å²) in [6.45, 7) is 1.48. The van der Waals surface area contributed by atoms with Gasteiger partial charge in [-0.25, -0.2) is 14.5 Å². The Morgan fingerprint density at radius 3 is 2.69 bits per heavy atom. The summed E-state index contributed by atoms with van der Waals surface area (Å²) in [5.74, 6) is 4.61. The van der Waals surface area contributed by atoms with E-state index in [2.05, 4.69) is 4.98 Å². The first-order valence-corrected chi connectivity index (χ1v) is 8.10. The molecule has 26 heavy (non-hydrogen) atoms. The fourth-order valence-electron chi connectivity index (χ4n) is 2.61. The number of carboxylic acids is 1. The normalized spacial score (nSPS) is 11.8. The minimum atomic E-state index is -4.49. The Morgan fingerprint density at radius 1 is 1.38 bits per heavy atom. The van der Waals surface area contributed by atoms with E-state index in [9.17, 15) is 27.9 Å². The van der Waals surface area contributed by atoms with Crippen LogP contribution in [0.2, 0.25) is 0 Å². The number of benzene rings is 1. The number of carbonyl (C=O) groups is 1. The predicted molar refractivity (Wildman–Crippen MR) is 90.0 cm³/mol. The van der Waals surface area contributed by atoms with Gasteiger partial charge in [0.25, 0.3) is 5.56 Å². The maximum atomic E-state index is 12.8. The SMILES string of the molecule is Cc1c(C(=O)O)sc2nc(Cc3cccc(C(F)(F)F)c3)n(N)c(=O)c12. The number of hydrogen-bond acceptors (Lipinski definition) is 5. The monoisotopic (exact) mass is 383 g/mol. The highest BCUT2D eigenvalue weighted by Crippen LogP contribution is 2.30. The Kier molecular flexibility index (Phi) is 4.23. The molecule has 136 valence electrons. The van der Waals surface area contributed by atoms with Gasteiger partial charge < -0.3 is 10.9 Å². The fourth-order valence-corrected chi connectivity index (χ4v) is 3.64. The predicted octanol–water partition coefficient (Wildman–Crippen LogP) is 2.79. The second-order valence-electron chi connectivity index (χ2n) is 5.62. The fraction of sp³-hybridized carbons (Fsp3) is 0.188. The van der Waals surface area contributed by atoms with Crippen LogP contribution < -0.4 is 11.4 Å². The number of alkyl halides is 3. The van der Waals surface area contributed by atoms with Gasteiger partial charge in [-0.3, -0.25) is 4.79 Å². The first-order valence-electron chi connectivity index (χ1n) is 7.29. The molecule has 0 saturated carbocycles. The zero-order valence-electron chi connectivity index (χ0n) is 13.3. The van der Waals surface area contributed by atoms with Crippen molar-refractivity contribution in [2.45, 2.75) is 19.5 Å². The molecule has 0 aliphatic heterocycles. The van der Waals surface area contributed by atoms with E-state index in [4.69, 9.17) is 5.84 Å². The van der Waals surface area contributed by atoms with Gasteiger partial charge >= 0.3 is 12.1 Å². The minimum absolute atomic E-state index is 0.0270. The number of aryl methyl sites for hydroxylation is 1. The Balaban J connectivity index is 2.11. The van der Waals surface area contributed by atoms with E-state index in [1.54, 1.807) is 0 Å². The molecule has 3 rings (SSSR count). The van der Waals surface area contributed by atoms with Crippen LogP contribution in [0.25, 0.3) is 10.2 Å². The summed E-state index contributed by atoms with van der Waals surface area (Å²) >= 11 is 0.827. The lowest BCUT2D eigenvalue weighted by Gasteiger charge is -2.10. The van der Waals surface area contributed by atoms with E-state index in [1.165, 1.54) is 19.1 Å². The quantitative estimate of drug-likeness (QED) is 0.678. The highest BCUT2D eigenvalue weighted by Gasteiger charge is 2.30. The van der Waals surface area contributed by atoms with E-state index in [0.29, 0.717) is 0 Å². The molecule has 0 saturated heterocycles. The summed E-state index contributed by atoms with van der Waals surface area (Å²) in [6.07, 6.45) is -4.60. The average Bonchev–Trinajstić information content (AvgIpc) is 2.89. The van der Waals surface area contributed by atoms with Gasteiger partial charge in [-0.15, -0.1) is 11.3 Å². The molecule has 0 atom stereocenters. The maximum absolute atomic E-state index is 12.8. The standard InChI is InChI=1S/C16H12F3N3O3S/c1-7-11-13(26-12(7)15(24)25)21-10(22(20)14(11)23)6-8-3-2-4-9(5-8)16(17,18)19/h2-5H,6,20H2,1H3,(H,24,25). The molecule has 0 unspecified atom stereocenters. The van der Waals surface area contributed by atoms with Crippen LogP contribution in [0.5, 0.6) is 0 Å². The molecule has 0 radical (unpaired) electrons. The van der Waals surface area contributed by atoms with Gasteiger partial charge in [0.05, 0.1) is 10.9 Å². The minimum Gasteiger partial charge on any atom is -0.477 e. The third-order valence-electron chi connectivity index (χ3n) is 3.88. The first kappa shape index (κ1) is 17.9. The lowest BCUT2D eigenvalue weighted by molar-refractivity contribution is -0.137. The van der Waals surface area contributed by atoms with Crippen LogP contribution >= 0.6 is 11.3 Å². The summed E-state index contributed by atoms with van der Waals surface area (Å²) in [6, 6.07) is 4.62. The second kappa shape index (κ2) is 6.13. The topological polar surface area (TPSA) is 98.2 Å². The third-order valence-corrected chi connectivity index (χ3v) is 5.05. The number of carboxylic acid groups (broad SMARTS) is 1. The zero-order valence-corrected chi connectivity index (χ0v) is 14.1. The van der Waals surface area contributed by atoms with Crippen LogP contribution in [-0.4, -0.2) is 20.7 Å². The van der Waals surface area contributed by atoms with Gasteiger partial charge in [-0.05, 0) is 24.1 Å². The molecule has 0 amide bonds. The van der Waals surface area contributed by atoms with Crippen LogP contribution in [0, 0.1) is 6.92 Å². The number of aromatic nitrogens is 2. The number of nitrogen functional groups attached to an aromatic ring is 1. The number of hydrogen-bond donors (Lipinski definition) is 2. The van der Waals surface area contributed by atoms with E-state index in [0.717, 1.165) is 28.1 Å². The summed E-state index contributed by atoms with van der Waals surface area (Å²) in [5, 5.41) is 9.27. The van der Waals surface area contributed by atoms with Crippen LogP contribution in [-0.2, 0) is 12.6 Å². The molecule has 0 spiro atoms. The van der Waals surface area contributed by atoms with Crippen molar-refractivity contribution in [2.75, 3.05) is 5.84 Å². The number of rotatable bonds is 3. The summed E-state index contributed by atoms with van der Waals surface area (Å²) in [7, 11) is 0. The number of aromatic carboxylic acids is 1. The molecule has 0 aliphatic carbocycles. The van der Waals surface area contributed by atoms with Crippen molar-refractivity contribution >= 4 is 27.5 Å². The number of nitrogens with two attached hydrogens (primary N) is 1. The lowest BCUT2D eigenvalue weighted by atomic mass is 10.1. The molecule has 10 heteroatoms. The van der Waals surface area contributed by atoms with Crippen molar-refractivity contribution in [1.29, 1.82) is 0 Å². The highest BCUT2D eigenvalue weighted by molar-refractivity contribution is 7.20. The molecule has 6 nitrogen and oxygen atoms in total. The zero-order chi connectivity index (χ0) is 19.2. The molecule has 2 aromatic heterocycles.